The number of rotatable bonds is 6. The van der Waals surface area contributed by atoms with Crippen molar-refractivity contribution in [3.63, 3.8) is 0 Å². The maximum absolute atomic E-state index is 13.1. The molecule has 0 saturated carbocycles. The van der Waals surface area contributed by atoms with E-state index in [9.17, 15) is 4.79 Å². The lowest BCUT2D eigenvalue weighted by atomic mass is 10.0. The highest BCUT2D eigenvalue weighted by Crippen LogP contribution is 2.29. The van der Waals surface area contributed by atoms with E-state index >= 15 is 0 Å². The second kappa shape index (κ2) is 10.1. The molecule has 2 aliphatic rings. The number of benzene rings is 1. The van der Waals surface area contributed by atoms with Crippen molar-refractivity contribution in [2.45, 2.75) is 38.6 Å². The predicted molar refractivity (Wildman–Crippen MR) is 142 cm³/mol. The van der Waals surface area contributed by atoms with E-state index in [4.69, 9.17) is 0 Å². The molecule has 1 aromatic carbocycles. The first kappa shape index (κ1) is 22.7. The number of aromatic nitrogens is 4. The van der Waals surface area contributed by atoms with Crippen molar-refractivity contribution in [1.29, 1.82) is 0 Å². The van der Waals surface area contributed by atoms with Gasteiger partial charge in [-0.2, -0.15) is 5.10 Å². The zero-order chi connectivity index (χ0) is 24.3. The molecule has 184 valence electrons. The normalized spacial score (nSPS) is 16.5. The average molecular weight is 482 g/mol. The molecule has 6 rings (SSSR count). The second-order valence-electron chi connectivity index (χ2n) is 9.79. The van der Waals surface area contributed by atoms with Gasteiger partial charge >= 0.3 is 0 Å². The van der Waals surface area contributed by atoms with Gasteiger partial charge in [0.15, 0.2) is 5.69 Å². The quantitative estimate of drug-likeness (QED) is 0.409. The number of nitrogens with zero attached hydrogens (tertiary/aromatic N) is 5. The van der Waals surface area contributed by atoms with Crippen LogP contribution in [-0.4, -0.2) is 57.2 Å². The lowest BCUT2D eigenvalue weighted by Crippen LogP contribution is -2.29. The van der Waals surface area contributed by atoms with E-state index in [0.717, 1.165) is 66.1 Å². The number of H-pyrrole nitrogens is 1. The molecular formula is C28H31N7O. The zero-order valence-electron chi connectivity index (χ0n) is 20.4. The van der Waals surface area contributed by atoms with E-state index in [1.54, 1.807) is 6.20 Å². The van der Waals surface area contributed by atoms with E-state index in [1.165, 1.54) is 32.1 Å². The molecule has 5 heterocycles. The van der Waals surface area contributed by atoms with E-state index in [-0.39, 0.29) is 5.91 Å². The highest BCUT2D eigenvalue weighted by Gasteiger charge is 2.17. The van der Waals surface area contributed by atoms with Gasteiger partial charge in [-0.15, -0.1) is 0 Å². The molecular weight excluding hydrogens is 450 g/mol. The Morgan fingerprint density at radius 3 is 2.53 bits per heavy atom. The van der Waals surface area contributed by atoms with Crippen LogP contribution in [0.15, 0.2) is 55.0 Å². The lowest BCUT2D eigenvalue weighted by Gasteiger charge is -2.25. The van der Waals surface area contributed by atoms with Crippen LogP contribution in [0.25, 0.3) is 22.0 Å². The number of pyridine rings is 2. The summed E-state index contributed by atoms with van der Waals surface area (Å²) in [5.41, 5.74) is 6.06. The molecule has 0 unspecified atom stereocenters. The highest BCUT2D eigenvalue weighted by atomic mass is 16.1. The third kappa shape index (κ3) is 4.81. The smallest absolute Gasteiger partial charge is 0.276 e. The number of piperidine rings is 1. The number of aromatic amines is 1. The molecule has 2 N–H and O–H groups in total. The molecule has 8 nitrogen and oxygen atoms in total. The summed E-state index contributed by atoms with van der Waals surface area (Å²) < 4.78 is 0. The Hall–Kier alpha value is -3.78. The van der Waals surface area contributed by atoms with Crippen LogP contribution in [-0.2, 0) is 6.54 Å². The van der Waals surface area contributed by atoms with Crippen molar-refractivity contribution in [1.82, 2.24) is 25.1 Å². The molecule has 0 bridgehead atoms. The fraction of sp³-hybridized carbons (Fsp3) is 0.357. The standard InChI is InChI=1S/C28H31N7O/c36-28(31-22-7-8-23(30-17-22)19-34-10-2-1-3-11-34)27-25-15-20(6-9-26(25)32-33-27)21-14-24(18-29-16-21)35-12-4-5-13-35/h6-9,14-18H,1-5,10-13,19H2,(H,31,36)(H,32,33). The molecule has 3 aromatic heterocycles. The first-order valence-corrected chi connectivity index (χ1v) is 12.9. The zero-order valence-corrected chi connectivity index (χ0v) is 20.4. The maximum atomic E-state index is 13.1. The van der Waals surface area contributed by atoms with Gasteiger partial charge in [0.25, 0.3) is 5.91 Å². The van der Waals surface area contributed by atoms with E-state index in [1.807, 2.05) is 42.7 Å². The van der Waals surface area contributed by atoms with Crippen molar-refractivity contribution in [3.8, 4) is 11.1 Å². The van der Waals surface area contributed by atoms with Gasteiger partial charge in [0.2, 0.25) is 0 Å². The lowest BCUT2D eigenvalue weighted by molar-refractivity contribution is 0.102. The highest BCUT2D eigenvalue weighted by molar-refractivity contribution is 6.11. The molecule has 2 aliphatic heterocycles. The minimum absolute atomic E-state index is 0.257. The van der Waals surface area contributed by atoms with E-state index in [0.29, 0.717) is 11.4 Å². The Kier molecular flexibility index (Phi) is 6.34. The summed E-state index contributed by atoms with van der Waals surface area (Å²) in [5.74, 6) is -0.257. The van der Waals surface area contributed by atoms with E-state index in [2.05, 4.69) is 41.3 Å². The van der Waals surface area contributed by atoms with Crippen LogP contribution in [0.3, 0.4) is 0 Å². The van der Waals surface area contributed by atoms with Gasteiger partial charge in [0.05, 0.1) is 35.0 Å². The number of hydrogen-bond donors (Lipinski definition) is 2. The number of amides is 1. The van der Waals surface area contributed by atoms with Gasteiger partial charge in [-0.1, -0.05) is 12.5 Å². The van der Waals surface area contributed by atoms with Gasteiger partial charge in [-0.3, -0.25) is 24.8 Å². The van der Waals surface area contributed by atoms with Crippen LogP contribution in [0.4, 0.5) is 11.4 Å². The van der Waals surface area contributed by atoms with Gasteiger partial charge in [0, 0.05) is 36.8 Å². The van der Waals surface area contributed by atoms with Crippen molar-refractivity contribution in [3.05, 3.63) is 66.4 Å². The molecule has 0 radical (unpaired) electrons. The Labute approximate surface area is 210 Å². The summed E-state index contributed by atoms with van der Waals surface area (Å²) in [4.78, 5) is 27.0. The molecule has 2 saturated heterocycles. The minimum Gasteiger partial charge on any atom is -0.370 e. The molecule has 4 aromatic rings. The first-order chi connectivity index (χ1) is 17.7. The second-order valence-corrected chi connectivity index (χ2v) is 9.79. The molecule has 0 aliphatic carbocycles. The Morgan fingerprint density at radius 2 is 1.72 bits per heavy atom. The molecule has 0 spiro atoms. The van der Waals surface area contributed by atoms with Crippen molar-refractivity contribution in [2.24, 2.45) is 0 Å². The Bertz CT molecular complexity index is 1350. The summed E-state index contributed by atoms with van der Waals surface area (Å²) >= 11 is 0. The number of nitrogens with one attached hydrogen (secondary N) is 2. The van der Waals surface area contributed by atoms with Crippen LogP contribution in [0.5, 0.6) is 0 Å². The molecule has 8 heteroatoms. The molecule has 36 heavy (non-hydrogen) atoms. The fourth-order valence-electron chi connectivity index (χ4n) is 5.23. The van der Waals surface area contributed by atoms with Crippen LogP contribution >= 0.6 is 0 Å². The summed E-state index contributed by atoms with van der Waals surface area (Å²) in [5, 5.41) is 11.0. The van der Waals surface area contributed by atoms with Crippen LogP contribution in [0, 0.1) is 0 Å². The van der Waals surface area contributed by atoms with Crippen molar-refractivity contribution in [2.75, 3.05) is 36.4 Å². The SMILES string of the molecule is O=C(Nc1ccc(CN2CCCCC2)nc1)c1n[nH]c2ccc(-c3cncc(N4CCCC4)c3)cc12. The van der Waals surface area contributed by atoms with Crippen LogP contribution < -0.4 is 10.2 Å². The predicted octanol–water partition coefficient (Wildman–Crippen LogP) is 4.86. The first-order valence-electron chi connectivity index (χ1n) is 12.9. The third-order valence-electron chi connectivity index (χ3n) is 7.22. The molecule has 2 fully saturated rings. The van der Waals surface area contributed by atoms with Gasteiger partial charge in [-0.25, -0.2) is 0 Å². The molecule has 0 atom stereocenters. The fourth-order valence-corrected chi connectivity index (χ4v) is 5.23. The number of carbonyl (C=O) groups excluding carboxylic acids is 1. The molecule has 1 amide bonds. The number of carbonyl (C=O) groups is 1. The van der Waals surface area contributed by atoms with Gasteiger partial charge in [0.1, 0.15) is 0 Å². The average Bonchev–Trinajstić information content (AvgIpc) is 3.61. The summed E-state index contributed by atoms with van der Waals surface area (Å²) in [7, 11) is 0. The van der Waals surface area contributed by atoms with Crippen molar-refractivity contribution < 1.29 is 4.79 Å². The van der Waals surface area contributed by atoms with Crippen LogP contribution in [0.2, 0.25) is 0 Å². The minimum atomic E-state index is -0.257. The summed E-state index contributed by atoms with van der Waals surface area (Å²) in [6.07, 6.45) is 11.8. The van der Waals surface area contributed by atoms with E-state index < -0.39 is 0 Å². The number of fused-ring (bicyclic) bond motifs is 1. The maximum Gasteiger partial charge on any atom is 0.276 e. The monoisotopic (exact) mass is 481 g/mol. The number of anilines is 2. The summed E-state index contributed by atoms with van der Waals surface area (Å²) in [6.45, 7) is 5.27. The van der Waals surface area contributed by atoms with Crippen LogP contribution in [0.1, 0.15) is 48.3 Å². The number of likely N-dealkylation sites (tertiary alicyclic amines) is 1. The largest absolute Gasteiger partial charge is 0.370 e. The van der Waals surface area contributed by atoms with Gasteiger partial charge < -0.3 is 10.2 Å². The topological polar surface area (TPSA) is 90.0 Å². The Morgan fingerprint density at radius 1 is 0.889 bits per heavy atom. The van der Waals surface area contributed by atoms with Gasteiger partial charge in [-0.05, 0) is 74.7 Å². The number of hydrogen-bond acceptors (Lipinski definition) is 6. The van der Waals surface area contributed by atoms with Crippen molar-refractivity contribution >= 4 is 28.2 Å². The summed E-state index contributed by atoms with van der Waals surface area (Å²) in [6, 6.07) is 12.1. The third-order valence-corrected chi connectivity index (χ3v) is 7.22. The Balaban J connectivity index is 1.19.